The van der Waals surface area contributed by atoms with Gasteiger partial charge in [0, 0.05) is 37.5 Å². The molecule has 0 bridgehead atoms. The summed E-state index contributed by atoms with van der Waals surface area (Å²) >= 11 is 3.42. The van der Waals surface area contributed by atoms with Crippen LogP contribution in [0.5, 0.6) is 0 Å². The molecule has 1 aliphatic rings. The van der Waals surface area contributed by atoms with E-state index in [1.807, 2.05) is 26.2 Å². The van der Waals surface area contributed by atoms with Crippen LogP contribution in [0.1, 0.15) is 25.7 Å². The predicted octanol–water partition coefficient (Wildman–Crippen LogP) is 3.45. The topological polar surface area (TPSA) is 58.1 Å². The average molecular weight is 377 g/mol. The minimum absolute atomic E-state index is 0.219. The van der Waals surface area contributed by atoms with Crippen molar-refractivity contribution in [3.63, 3.8) is 0 Å². The van der Waals surface area contributed by atoms with Crippen molar-refractivity contribution in [1.82, 2.24) is 14.9 Å². The van der Waals surface area contributed by atoms with Gasteiger partial charge < -0.3 is 10.2 Å². The first-order valence-corrected chi connectivity index (χ1v) is 8.67. The van der Waals surface area contributed by atoms with E-state index >= 15 is 0 Å². The zero-order valence-corrected chi connectivity index (χ0v) is 15.1. The highest BCUT2D eigenvalue weighted by Crippen LogP contribution is 2.40. The number of nitrogens with zero attached hydrogens (tertiary/aromatic N) is 3. The quantitative estimate of drug-likeness (QED) is 0.887. The van der Waals surface area contributed by atoms with Crippen molar-refractivity contribution in [3.05, 3.63) is 29.0 Å². The fraction of sp³-hybridized carbons (Fsp3) is 0.471. The Morgan fingerprint density at radius 3 is 2.78 bits per heavy atom. The summed E-state index contributed by atoms with van der Waals surface area (Å²) in [7, 11) is 3.67. The second kappa shape index (κ2) is 6.43. The third-order valence-electron chi connectivity index (χ3n) is 4.58. The van der Waals surface area contributed by atoms with Crippen LogP contribution in [0.4, 0.5) is 5.69 Å². The number of rotatable bonds is 4. The van der Waals surface area contributed by atoms with Gasteiger partial charge in [-0.1, -0.05) is 12.8 Å². The van der Waals surface area contributed by atoms with Gasteiger partial charge in [0.1, 0.15) is 5.52 Å². The Bertz CT molecular complexity index is 726. The number of amides is 1. The summed E-state index contributed by atoms with van der Waals surface area (Å²) < 4.78 is 0.907. The number of fused-ring (bicyclic) bond motifs is 1. The van der Waals surface area contributed by atoms with Crippen LogP contribution < -0.4 is 5.32 Å². The number of hydrogen-bond donors (Lipinski definition) is 1. The van der Waals surface area contributed by atoms with Crippen LogP contribution in [0.3, 0.4) is 0 Å². The van der Waals surface area contributed by atoms with Gasteiger partial charge in [0.25, 0.3) is 0 Å². The smallest absolute Gasteiger partial charge is 0.230 e. The second-order valence-corrected chi connectivity index (χ2v) is 7.34. The van der Waals surface area contributed by atoms with Crippen molar-refractivity contribution in [2.75, 3.05) is 26.0 Å². The van der Waals surface area contributed by atoms with Crippen molar-refractivity contribution in [2.24, 2.45) is 5.41 Å². The molecule has 0 spiro atoms. The minimum atomic E-state index is -0.297. The number of carbonyl (C=O) groups excluding carboxylic acids is 1. The Hall–Kier alpha value is -1.69. The van der Waals surface area contributed by atoms with Gasteiger partial charge in [0.05, 0.1) is 16.6 Å². The van der Waals surface area contributed by atoms with E-state index in [9.17, 15) is 4.79 Å². The molecule has 0 radical (unpaired) electrons. The number of pyridine rings is 2. The molecule has 2 aromatic heterocycles. The molecule has 1 N–H and O–H groups in total. The van der Waals surface area contributed by atoms with Gasteiger partial charge in [0.2, 0.25) is 5.91 Å². The molecule has 2 aromatic rings. The van der Waals surface area contributed by atoms with Crippen LogP contribution in [-0.2, 0) is 4.79 Å². The van der Waals surface area contributed by atoms with Crippen molar-refractivity contribution in [2.45, 2.75) is 25.7 Å². The highest BCUT2D eigenvalue weighted by atomic mass is 79.9. The molecule has 6 heteroatoms. The third kappa shape index (κ3) is 3.17. The van der Waals surface area contributed by atoms with E-state index in [0.717, 1.165) is 46.9 Å². The largest absolute Gasteiger partial charge is 0.382 e. The molecular weight excluding hydrogens is 356 g/mol. The van der Waals surface area contributed by atoms with Crippen molar-refractivity contribution >= 4 is 38.6 Å². The Balaban J connectivity index is 1.86. The molecule has 3 rings (SSSR count). The lowest BCUT2D eigenvalue weighted by Crippen LogP contribution is -2.43. The summed E-state index contributed by atoms with van der Waals surface area (Å²) in [5.74, 6) is 0.219. The Morgan fingerprint density at radius 2 is 2.09 bits per heavy atom. The number of nitrogens with one attached hydrogen (secondary N) is 1. The van der Waals surface area contributed by atoms with E-state index in [4.69, 9.17) is 0 Å². The van der Waals surface area contributed by atoms with E-state index in [2.05, 4.69) is 31.2 Å². The normalized spacial score (nSPS) is 16.5. The maximum Gasteiger partial charge on any atom is 0.230 e. The molecule has 5 nitrogen and oxygen atoms in total. The maximum atomic E-state index is 12.6. The van der Waals surface area contributed by atoms with Crippen LogP contribution in [0.15, 0.2) is 29.0 Å². The third-order valence-corrected chi connectivity index (χ3v) is 5.02. The molecule has 122 valence electrons. The maximum absolute atomic E-state index is 12.6. The highest BCUT2D eigenvalue weighted by molar-refractivity contribution is 9.10. The molecule has 1 fully saturated rings. The Morgan fingerprint density at radius 1 is 1.35 bits per heavy atom. The van der Waals surface area contributed by atoms with Crippen LogP contribution in [0, 0.1) is 5.41 Å². The molecule has 0 unspecified atom stereocenters. The summed E-state index contributed by atoms with van der Waals surface area (Å²) in [5.41, 5.74) is 2.30. The lowest BCUT2D eigenvalue weighted by molar-refractivity contribution is -0.138. The molecule has 0 aromatic carbocycles. The predicted molar refractivity (Wildman–Crippen MR) is 95.3 cm³/mol. The molecule has 23 heavy (non-hydrogen) atoms. The van der Waals surface area contributed by atoms with Crippen LogP contribution in [0.25, 0.3) is 11.0 Å². The van der Waals surface area contributed by atoms with Gasteiger partial charge in [-0.3, -0.25) is 14.8 Å². The minimum Gasteiger partial charge on any atom is -0.382 e. The fourth-order valence-electron chi connectivity index (χ4n) is 3.40. The van der Waals surface area contributed by atoms with Crippen LogP contribution >= 0.6 is 15.9 Å². The second-order valence-electron chi connectivity index (χ2n) is 6.42. The molecule has 1 aliphatic carbocycles. The molecule has 0 atom stereocenters. The summed E-state index contributed by atoms with van der Waals surface area (Å²) in [4.78, 5) is 23.2. The van der Waals surface area contributed by atoms with Crippen molar-refractivity contribution in [1.29, 1.82) is 0 Å². The van der Waals surface area contributed by atoms with Gasteiger partial charge >= 0.3 is 0 Å². The van der Waals surface area contributed by atoms with Crippen molar-refractivity contribution < 1.29 is 4.79 Å². The number of hydrogen-bond acceptors (Lipinski definition) is 4. The fourth-order valence-corrected chi connectivity index (χ4v) is 3.72. The number of anilines is 1. The molecule has 1 amide bonds. The molecule has 2 heterocycles. The lowest BCUT2D eigenvalue weighted by Gasteiger charge is -2.31. The zero-order chi connectivity index (χ0) is 16.4. The highest BCUT2D eigenvalue weighted by Gasteiger charge is 2.41. The molecule has 0 aliphatic heterocycles. The van der Waals surface area contributed by atoms with E-state index in [0.29, 0.717) is 6.54 Å². The van der Waals surface area contributed by atoms with E-state index in [1.165, 1.54) is 0 Å². The summed E-state index contributed by atoms with van der Waals surface area (Å²) in [6.07, 6.45) is 7.66. The Labute approximate surface area is 144 Å². The lowest BCUT2D eigenvalue weighted by atomic mass is 9.84. The average Bonchev–Trinajstić information content (AvgIpc) is 3.01. The van der Waals surface area contributed by atoms with E-state index < -0.39 is 0 Å². The monoisotopic (exact) mass is 376 g/mol. The van der Waals surface area contributed by atoms with Gasteiger partial charge in [-0.05, 0) is 40.9 Å². The molecule has 0 saturated heterocycles. The molecular formula is C17H21BrN4O. The van der Waals surface area contributed by atoms with Gasteiger partial charge in [-0.25, -0.2) is 0 Å². The standard InChI is InChI=1S/C17H21BrN4O/c1-22(2)16(23)17(6-3-4-7-17)11-21-13-5-8-19-14-9-12(18)10-20-15(13)14/h5,8-10H,3-4,6-7,11H2,1-2H3,(H,19,21). The first kappa shape index (κ1) is 16.2. The first-order chi connectivity index (χ1) is 11.0. The van der Waals surface area contributed by atoms with Gasteiger partial charge in [0.15, 0.2) is 0 Å². The molecule has 1 saturated carbocycles. The van der Waals surface area contributed by atoms with Crippen LogP contribution in [0.2, 0.25) is 0 Å². The van der Waals surface area contributed by atoms with Crippen molar-refractivity contribution in [3.8, 4) is 0 Å². The summed E-state index contributed by atoms with van der Waals surface area (Å²) in [6, 6.07) is 3.87. The number of aromatic nitrogens is 2. The Kier molecular flexibility index (Phi) is 4.53. The summed E-state index contributed by atoms with van der Waals surface area (Å²) in [6.45, 7) is 0.640. The zero-order valence-electron chi connectivity index (χ0n) is 13.5. The SMILES string of the molecule is CN(C)C(=O)C1(CNc2ccnc3cc(Br)cnc23)CCCC1. The first-order valence-electron chi connectivity index (χ1n) is 7.88. The number of halogens is 1. The van der Waals surface area contributed by atoms with Gasteiger partial charge in [-0.15, -0.1) is 0 Å². The van der Waals surface area contributed by atoms with E-state index in [1.54, 1.807) is 17.3 Å². The van der Waals surface area contributed by atoms with E-state index in [-0.39, 0.29) is 11.3 Å². The number of carbonyl (C=O) groups is 1. The van der Waals surface area contributed by atoms with Gasteiger partial charge in [-0.2, -0.15) is 0 Å². The summed E-state index contributed by atoms with van der Waals surface area (Å²) in [5, 5.41) is 3.46. The van der Waals surface area contributed by atoms with Crippen LogP contribution in [-0.4, -0.2) is 41.4 Å².